The lowest BCUT2D eigenvalue weighted by atomic mass is 9.95. The maximum Gasteiger partial charge on any atom is 0.135 e. The monoisotopic (exact) mass is 312 g/mol. The third-order valence-electron chi connectivity index (χ3n) is 5.05. The number of fused-ring (bicyclic) bond motifs is 3. The van der Waals surface area contributed by atoms with Crippen LogP contribution in [0.25, 0.3) is 21.9 Å². The van der Waals surface area contributed by atoms with Crippen molar-refractivity contribution in [2.75, 3.05) is 0 Å². The van der Waals surface area contributed by atoms with Gasteiger partial charge in [-0.3, -0.25) is 0 Å². The first-order valence-corrected chi connectivity index (χ1v) is 8.38. The minimum Gasteiger partial charge on any atom is -0.508 e. The van der Waals surface area contributed by atoms with Gasteiger partial charge in [0.1, 0.15) is 22.7 Å². The lowest BCUT2D eigenvalue weighted by Crippen LogP contribution is -1.92. The molecule has 0 bridgehead atoms. The van der Waals surface area contributed by atoms with E-state index in [0.29, 0.717) is 11.5 Å². The van der Waals surface area contributed by atoms with E-state index in [0.717, 1.165) is 45.9 Å². The van der Waals surface area contributed by atoms with Crippen molar-refractivity contribution in [1.29, 1.82) is 0 Å². The summed E-state index contributed by atoms with van der Waals surface area (Å²) in [5.74, 6) is 1.13. The zero-order valence-corrected chi connectivity index (χ0v) is 14.2. The molecule has 0 radical (unpaired) electrons. The Morgan fingerprint density at radius 1 is 0.783 bits per heavy atom. The van der Waals surface area contributed by atoms with Crippen molar-refractivity contribution in [2.24, 2.45) is 0 Å². The molecule has 1 heterocycles. The number of hydrogen-bond acceptors (Lipinski definition) is 3. The minimum absolute atomic E-state index is 0.275. The van der Waals surface area contributed by atoms with Crippen LogP contribution < -0.4 is 0 Å². The zero-order chi connectivity index (χ0) is 16.7. The molecule has 3 rings (SSSR count). The zero-order valence-electron chi connectivity index (χ0n) is 14.2. The van der Waals surface area contributed by atoms with Crippen molar-refractivity contribution in [3.63, 3.8) is 0 Å². The van der Waals surface area contributed by atoms with Crippen LogP contribution in [0, 0.1) is 0 Å². The molecule has 0 saturated heterocycles. The summed E-state index contributed by atoms with van der Waals surface area (Å²) in [4.78, 5) is 0. The highest BCUT2D eigenvalue weighted by Crippen LogP contribution is 2.40. The van der Waals surface area contributed by atoms with Crippen LogP contribution >= 0.6 is 0 Å². The van der Waals surface area contributed by atoms with Crippen molar-refractivity contribution in [3.05, 3.63) is 35.4 Å². The first kappa shape index (κ1) is 15.7. The summed E-state index contributed by atoms with van der Waals surface area (Å²) < 4.78 is 6.01. The molecular formula is C20H24O3. The van der Waals surface area contributed by atoms with Crippen molar-refractivity contribution >= 4 is 21.9 Å². The third-order valence-corrected chi connectivity index (χ3v) is 5.05. The van der Waals surface area contributed by atoms with Gasteiger partial charge in [0.25, 0.3) is 0 Å². The Hall–Kier alpha value is -2.16. The molecule has 2 unspecified atom stereocenters. The maximum atomic E-state index is 10.3. The van der Waals surface area contributed by atoms with Gasteiger partial charge in [0.15, 0.2) is 0 Å². The van der Waals surface area contributed by atoms with E-state index < -0.39 is 0 Å². The molecule has 3 aromatic rings. The number of phenolic OH excluding ortho intramolecular Hbond substituents is 2. The summed E-state index contributed by atoms with van der Waals surface area (Å²) >= 11 is 0. The fraction of sp³-hybridized carbons (Fsp3) is 0.400. The largest absolute Gasteiger partial charge is 0.508 e. The molecule has 0 spiro atoms. The predicted octanol–water partition coefficient (Wildman–Crippen LogP) is 6.02. The molecule has 0 aliphatic rings. The van der Waals surface area contributed by atoms with E-state index in [-0.39, 0.29) is 11.8 Å². The normalized spacial score (nSPS) is 14.4. The van der Waals surface area contributed by atoms with Crippen LogP contribution in [0.4, 0.5) is 0 Å². The number of furan rings is 1. The lowest BCUT2D eigenvalue weighted by Gasteiger charge is -2.11. The number of hydrogen-bond donors (Lipinski definition) is 2. The van der Waals surface area contributed by atoms with E-state index in [2.05, 4.69) is 27.7 Å². The van der Waals surface area contributed by atoms with Gasteiger partial charge in [0.05, 0.1) is 0 Å². The van der Waals surface area contributed by atoms with E-state index in [9.17, 15) is 10.2 Å². The second-order valence-electron chi connectivity index (χ2n) is 6.54. The molecule has 122 valence electrons. The summed E-state index contributed by atoms with van der Waals surface area (Å²) in [6.45, 7) is 8.39. The van der Waals surface area contributed by atoms with Crippen LogP contribution in [0.15, 0.2) is 28.7 Å². The highest BCUT2D eigenvalue weighted by Gasteiger charge is 2.17. The summed E-state index contributed by atoms with van der Waals surface area (Å²) in [7, 11) is 0. The van der Waals surface area contributed by atoms with E-state index in [1.54, 1.807) is 12.1 Å². The Kier molecular flexibility index (Phi) is 3.97. The number of rotatable bonds is 4. The Balaban J connectivity index is 2.26. The molecule has 23 heavy (non-hydrogen) atoms. The number of benzene rings is 2. The number of phenols is 2. The van der Waals surface area contributed by atoms with Gasteiger partial charge >= 0.3 is 0 Å². The highest BCUT2D eigenvalue weighted by molar-refractivity contribution is 6.06. The molecule has 0 aliphatic heterocycles. The van der Waals surface area contributed by atoms with Crippen molar-refractivity contribution in [2.45, 2.75) is 52.4 Å². The SMILES string of the molecule is CCC(C)c1cc2oc3cc(C(C)CC)c(O)cc3c2cc1O. The fourth-order valence-corrected chi connectivity index (χ4v) is 3.11. The quantitative estimate of drug-likeness (QED) is 0.619. The molecule has 3 nitrogen and oxygen atoms in total. The predicted molar refractivity (Wildman–Crippen MR) is 94.5 cm³/mol. The van der Waals surface area contributed by atoms with Gasteiger partial charge in [-0.2, -0.15) is 0 Å². The highest BCUT2D eigenvalue weighted by atomic mass is 16.3. The summed E-state index contributed by atoms with van der Waals surface area (Å²) in [6, 6.07) is 7.37. The van der Waals surface area contributed by atoms with E-state index >= 15 is 0 Å². The van der Waals surface area contributed by atoms with E-state index in [1.165, 1.54) is 0 Å². The van der Waals surface area contributed by atoms with Gasteiger partial charge in [-0.25, -0.2) is 0 Å². The lowest BCUT2D eigenvalue weighted by molar-refractivity contribution is 0.462. The maximum absolute atomic E-state index is 10.3. The Labute approximate surface area is 136 Å². The molecule has 2 aromatic carbocycles. The van der Waals surface area contributed by atoms with Gasteiger partial charge < -0.3 is 14.6 Å². The van der Waals surface area contributed by atoms with Crippen molar-refractivity contribution in [1.82, 2.24) is 0 Å². The molecule has 0 amide bonds. The Morgan fingerprint density at radius 2 is 1.17 bits per heavy atom. The average Bonchev–Trinajstić information content (AvgIpc) is 2.88. The second-order valence-corrected chi connectivity index (χ2v) is 6.54. The Bertz CT molecular complexity index is 790. The summed E-state index contributed by atoms with van der Waals surface area (Å²) in [5, 5.41) is 22.4. The van der Waals surface area contributed by atoms with Gasteiger partial charge in [0, 0.05) is 21.9 Å². The van der Waals surface area contributed by atoms with Gasteiger partial charge in [-0.1, -0.05) is 27.7 Å². The molecule has 2 atom stereocenters. The molecule has 0 aliphatic carbocycles. The summed E-state index contributed by atoms with van der Waals surface area (Å²) in [5.41, 5.74) is 3.33. The first-order chi connectivity index (χ1) is 11.0. The van der Waals surface area contributed by atoms with Crippen LogP contribution in [0.1, 0.15) is 63.5 Å². The van der Waals surface area contributed by atoms with Crippen molar-refractivity contribution < 1.29 is 14.6 Å². The topological polar surface area (TPSA) is 53.6 Å². The minimum atomic E-state index is 0.275. The van der Waals surface area contributed by atoms with Crippen LogP contribution in [-0.4, -0.2) is 10.2 Å². The standard InChI is InChI=1S/C20H24O3/c1-5-11(3)13-9-19-15(7-17(13)21)16-8-18(22)14(12(4)6-2)10-20(16)23-19/h7-12,21-22H,5-6H2,1-4H3. The molecule has 2 N–H and O–H groups in total. The molecule has 1 aromatic heterocycles. The van der Waals surface area contributed by atoms with Crippen LogP contribution in [-0.2, 0) is 0 Å². The molecule has 3 heteroatoms. The van der Waals surface area contributed by atoms with Gasteiger partial charge in [-0.05, 0) is 48.9 Å². The third kappa shape index (κ3) is 2.54. The smallest absolute Gasteiger partial charge is 0.135 e. The second kappa shape index (κ2) is 5.80. The van der Waals surface area contributed by atoms with Gasteiger partial charge in [0.2, 0.25) is 0 Å². The van der Waals surface area contributed by atoms with E-state index in [1.807, 2.05) is 12.1 Å². The van der Waals surface area contributed by atoms with Crippen LogP contribution in [0.3, 0.4) is 0 Å². The Morgan fingerprint density at radius 3 is 1.52 bits per heavy atom. The number of aromatic hydroxyl groups is 2. The van der Waals surface area contributed by atoms with Crippen LogP contribution in [0.2, 0.25) is 0 Å². The summed E-state index contributed by atoms with van der Waals surface area (Å²) in [6.07, 6.45) is 1.91. The van der Waals surface area contributed by atoms with Crippen LogP contribution in [0.5, 0.6) is 11.5 Å². The van der Waals surface area contributed by atoms with Gasteiger partial charge in [-0.15, -0.1) is 0 Å². The average molecular weight is 312 g/mol. The molecular weight excluding hydrogens is 288 g/mol. The molecule has 0 saturated carbocycles. The van der Waals surface area contributed by atoms with Crippen molar-refractivity contribution in [3.8, 4) is 11.5 Å². The fourth-order valence-electron chi connectivity index (χ4n) is 3.11. The molecule has 0 fully saturated rings. The van der Waals surface area contributed by atoms with E-state index in [4.69, 9.17) is 4.42 Å². The first-order valence-electron chi connectivity index (χ1n) is 8.38.